The number of fused-ring (bicyclic) bond motifs is 1. The van der Waals surface area contributed by atoms with Crippen LogP contribution in [-0.2, 0) is 0 Å². The number of hydrogen-bond donors (Lipinski definition) is 0. The number of nitrogens with zero attached hydrogens (tertiary/aromatic N) is 1. The zero-order valence-electron chi connectivity index (χ0n) is 9.02. The third-order valence-electron chi connectivity index (χ3n) is 2.76. The number of allylic oxidation sites excluding steroid dienone is 2. The lowest BCUT2D eigenvalue weighted by atomic mass is 10.2. The van der Waals surface area contributed by atoms with Gasteiger partial charge in [-0.15, -0.1) is 11.3 Å². The topological polar surface area (TPSA) is 12.4 Å². The van der Waals surface area contributed by atoms with Crippen LogP contribution < -0.4 is 0 Å². The summed E-state index contributed by atoms with van der Waals surface area (Å²) >= 11 is 1.83. The predicted octanol–water partition coefficient (Wildman–Crippen LogP) is 4.04. The Balaban J connectivity index is 2.08. The highest BCUT2D eigenvalue weighted by molar-refractivity contribution is 7.21. The van der Waals surface area contributed by atoms with Crippen molar-refractivity contribution in [3.8, 4) is 0 Å². The molecule has 0 aliphatic carbocycles. The van der Waals surface area contributed by atoms with Crippen LogP contribution in [0.2, 0.25) is 0 Å². The lowest BCUT2D eigenvalue weighted by Gasteiger charge is -1.94. The number of aliphatic imine (C=N–C) groups is 1. The van der Waals surface area contributed by atoms with Gasteiger partial charge in [-0.1, -0.05) is 24.3 Å². The first-order valence-corrected chi connectivity index (χ1v) is 6.45. The highest BCUT2D eigenvalue weighted by atomic mass is 32.1. The average Bonchev–Trinajstić information content (AvgIpc) is 2.56. The van der Waals surface area contributed by atoms with Gasteiger partial charge in [0, 0.05) is 11.2 Å². The summed E-state index contributed by atoms with van der Waals surface area (Å²) < 4.78 is 1.35. The Morgan fingerprint density at radius 3 is 3.06 bits per heavy atom. The quantitative estimate of drug-likeness (QED) is 0.697. The van der Waals surface area contributed by atoms with Crippen molar-refractivity contribution in [2.75, 3.05) is 6.54 Å². The second-order valence-electron chi connectivity index (χ2n) is 3.96. The maximum Gasteiger partial charge on any atom is 0.0743 e. The van der Waals surface area contributed by atoms with Gasteiger partial charge in [-0.25, -0.2) is 0 Å². The van der Waals surface area contributed by atoms with Gasteiger partial charge < -0.3 is 0 Å². The van der Waals surface area contributed by atoms with Crippen molar-refractivity contribution >= 4 is 27.1 Å². The Morgan fingerprint density at radius 1 is 1.19 bits per heavy atom. The molecule has 0 atom stereocenters. The third-order valence-corrected chi connectivity index (χ3v) is 3.90. The molecule has 1 aliphatic heterocycles. The summed E-state index contributed by atoms with van der Waals surface area (Å²) in [5.74, 6) is 0. The summed E-state index contributed by atoms with van der Waals surface area (Å²) in [6, 6.07) is 10.8. The zero-order valence-corrected chi connectivity index (χ0v) is 9.83. The normalized spacial score (nSPS) is 16.1. The molecule has 0 N–H and O–H groups in total. The van der Waals surface area contributed by atoms with E-state index in [1.54, 1.807) is 0 Å². The highest BCUT2D eigenvalue weighted by Gasteiger charge is 2.06. The van der Waals surface area contributed by atoms with Gasteiger partial charge in [0.05, 0.1) is 10.6 Å². The van der Waals surface area contributed by atoms with Gasteiger partial charge in [-0.3, -0.25) is 4.99 Å². The molecule has 0 bridgehead atoms. The number of thiophene rings is 1. The lowest BCUT2D eigenvalue weighted by molar-refractivity contribution is 0.865. The summed E-state index contributed by atoms with van der Waals surface area (Å²) in [5.41, 5.74) is 1.15. The average molecular weight is 227 g/mol. The molecule has 1 aliphatic rings. The zero-order chi connectivity index (χ0) is 10.8. The fourth-order valence-corrected chi connectivity index (χ4v) is 2.98. The summed E-state index contributed by atoms with van der Waals surface area (Å²) in [7, 11) is 0. The molecule has 0 fully saturated rings. The van der Waals surface area contributed by atoms with Gasteiger partial charge >= 0.3 is 0 Å². The minimum atomic E-state index is 0.955. The van der Waals surface area contributed by atoms with E-state index in [1.807, 2.05) is 11.3 Å². The maximum absolute atomic E-state index is 4.63. The van der Waals surface area contributed by atoms with Crippen molar-refractivity contribution in [3.05, 3.63) is 47.4 Å². The van der Waals surface area contributed by atoms with E-state index in [9.17, 15) is 0 Å². The predicted molar refractivity (Wildman–Crippen MR) is 71.6 cm³/mol. The fraction of sp³-hybridized carbons (Fsp3) is 0.214. The van der Waals surface area contributed by atoms with E-state index in [1.165, 1.54) is 21.4 Å². The Kier molecular flexibility index (Phi) is 2.58. The monoisotopic (exact) mass is 227 g/mol. The first-order chi connectivity index (χ1) is 7.93. The smallest absolute Gasteiger partial charge is 0.0743 e. The standard InChI is InChI=1S/C14H13NS/c1-2-7-12(15-9-5-1)14-10-11-6-3-4-8-13(11)16-14/h2-4,6-8,10H,1,5,9H2. The molecule has 1 nitrogen and oxygen atoms in total. The molecule has 3 rings (SSSR count). The Morgan fingerprint density at radius 2 is 2.12 bits per heavy atom. The van der Waals surface area contributed by atoms with Crippen LogP contribution in [0.15, 0.2) is 47.5 Å². The van der Waals surface area contributed by atoms with Crippen molar-refractivity contribution in [1.82, 2.24) is 0 Å². The van der Waals surface area contributed by atoms with Gasteiger partial charge in [0.2, 0.25) is 0 Å². The first-order valence-electron chi connectivity index (χ1n) is 5.63. The third kappa shape index (κ3) is 1.81. The van der Waals surface area contributed by atoms with E-state index in [0.29, 0.717) is 0 Å². The van der Waals surface area contributed by atoms with E-state index < -0.39 is 0 Å². The molecule has 0 unspecified atom stereocenters. The maximum atomic E-state index is 4.63. The van der Waals surface area contributed by atoms with Gasteiger partial charge in [0.25, 0.3) is 0 Å². The van der Waals surface area contributed by atoms with Crippen molar-refractivity contribution in [1.29, 1.82) is 0 Å². The molecule has 2 heteroatoms. The SMILES string of the molecule is C1=CC(c2cc3ccccc3s2)=NCCC1. The molecule has 1 aromatic heterocycles. The molecule has 16 heavy (non-hydrogen) atoms. The van der Waals surface area contributed by atoms with Crippen LogP contribution in [0.4, 0.5) is 0 Å². The van der Waals surface area contributed by atoms with Gasteiger partial charge in [0.15, 0.2) is 0 Å². The first kappa shape index (κ1) is 9.79. The van der Waals surface area contributed by atoms with Gasteiger partial charge in [0.1, 0.15) is 0 Å². The minimum absolute atomic E-state index is 0.955. The second kappa shape index (κ2) is 4.22. The molecule has 1 aromatic carbocycles. The molecule has 80 valence electrons. The number of hydrogen-bond acceptors (Lipinski definition) is 2. The van der Waals surface area contributed by atoms with Crippen LogP contribution in [-0.4, -0.2) is 12.3 Å². The van der Waals surface area contributed by atoms with Crippen molar-refractivity contribution in [2.45, 2.75) is 12.8 Å². The molecular formula is C14H13NS. The lowest BCUT2D eigenvalue weighted by Crippen LogP contribution is -1.92. The van der Waals surface area contributed by atoms with Crippen LogP contribution >= 0.6 is 11.3 Å². The van der Waals surface area contributed by atoms with Crippen LogP contribution in [0.3, 0.4) is 0 Å². The summed E-state index contributed by atoms with van der Waals surface area (Å²) in [4.78, 5) is 5.92. The fourth-order valence-electron chi connectivity index (χ4n) is 1.92. The van der Waals surface area contributed by atoms with Crippen LogP contribution in [0, 0.1) is 0 Å². The van der Waals surface area contributed by atoms with Crippen LogP contribution in [0.5, 0.6) is 0 Å². The molecule has 2 heterocycles. The molecule has 2 aromatic rings. The highest BCUT2D eigenvalue weighted by Crippen LogP contribution is 2.26. The van der Waals surface area contributed by atoms with Crippen LogP contribution in [0.25, 0.3) is 10.1 Å². The Hall–Kier alpha value is -1.41. The van der Waals surface area contributed by atoms with E-state index in [-0.39, 0.29) is 0 Å². The minimum Gasteiger partial charge on any atom is -0.284 e. The molecule has 0 saturated carbocycles. The number of rotatable bonds is 1. The largest absolute Gasteiger partial charge is 0.284 e. The summed E-state index contributed by atoms with van der Waals surface area (Å²) in [6.45, 7) is 0.955. The Bertz CT molecular complexity index is 530. The van der Waals surface area contributed by atoms with E-state index in [4.69, 9.17) is 0 Å². The molecule has 0 spiro atoms. The molecule has 0 amide bonds. The van der Waals surface area contributed by atoms with Crippen molar-refractivity contribution in [3.63, 3.8) is 0 Å². The molecular weight excluding hydrogens is 214 g/mol. The van der Waals surface area contributed by atoms with Crippen molar-refractivity contribution < 1.29 is 0 Å². The second-order valence-corrected chi connectivity index (χ2v) is 5.04. The number of benzene rings is 1. The molecule has 0 radical (unpaired) electrons. The van der Waals surface area contributed by atoms with E-state index >= 15 is 0 Å². The van der Waals surface area contributed by atoms with Crippen LogP contribution in [0.1, 0.15) is 17.7 Å². The molecule has 0 saturated heterocycles. The van der Waals surface area contributed by atoms with Gasteiger partial charge in [-0.05, 0) is 36.4 Å². The van der Waals surface area contributed by atoms with Gasteiger partial charge in [-0.2, -0.15) is 0 Å². The van der Waals surface area contributed by atoms with E-state index in [2.05, 4.69) is 47.5 Å². The van der Waals surface area contributed by atoms with Crippen molar-refractivity contribution in [2.24, 2.45) is 4.99 Å². The van der Waals surface area contributed by atoms with E-state index in [0.717, 1.165) is 18.7 Å². The Labute approximate surface area is 99.1 Å². The summed E-state index contributed by atoms with van der Waals surface area (Å²) in [5, 5.41) is 1.32. The summed E-state index contributed by atoms with van der Waals surface area (Å²) in [6.07, 6.45) is 6.72.